The van der Waals surface area contributed by atoms with E-state index in [0.29, 0.717) is 6.42 Å². The van der Waals surface area contributed by atoms with Gasteiger partial charge in [0.2, 0.25) is 0 Å². The molecule has 0 aliphatic carbocycles. The van der Waals surface area contributed by atoms with E-state index in [0.717, 1.165) is 0 Å². The molecule has 6 nitrogen and oxygen atoms in total. The van der Waals surface area contributed by atoms with Crippen LogP contribution in [0.2, 0.25) is 0 Å². The fourth-order valence-electron chi connectivity index (χ4n) is 1.18. The van der Waals surface area contributed by atoms with Crippen LogP contribution < -0.4 is 0 Å². The van der Waals surface area contributed by atoms with E-state index in [4.69, 9.17) is 9.47 Å². The first-order chi connectivity index (χ1) is 9.19. The van der Waals surface area contributed by atoms with Gasteiger partial charge in [-0.3, -0.25) is 19.2 Å². The summed E-state index contributed by atoms with van der Waals surface area (Å²) < 4.78 is 9.71. The minimum Gasteiger partial charge on any atom is -0.462 e. The van der Waals surface area contributed by atoms with E-state index in [1.807, 2.05) is 6.92 Å². The fourth-order valence-corrected chi connectivity index (χ4v) is 1.18. The number of ether oxygens (including phenoxy) is 2. The van der Waals surface area contributed by atoms with Crippen LogP contribution in [-0.2, 0) is 28.7 Å². The van der Waals surface area contributed by atoms with Crippen molar-refractivity contribution >= 4 is 23.5 Å². The van der Waals surface area contributed by atoms with E-state index in [2.05, 4.69) is 0 Å². The van der Waals surface area contributed by atoms with Crippen molar-refractivity contribution in [1.82, 2.24) is 0 Å². The lowest BCUT2D eigenvalue weighted by Crippen LogP contribution is -2.27. The number of carbonyl (C=O) groups excluding carboxylic acids is 4. The van der Waals surface area contributed by atoms with Crippen molar-refractivity contribution in [3.05, 3.63) is 0 Å². The molecule has 114 valence electrons. The summed E-state index contributed by atoms with van der Waals surface area (Å²) in [6.45, 7) is 6.54. The zero-order chi connectivity index (χ0) is 15.8. The van der Waals surface area contributed by atoms with Crippen LogP contribution in [0.3, 0.4) is 0 Å². The van der Waals surface area contributed by atoms with Gasteiger partial charge in [-0.2, -0.15) is 0 Å². The predicted molar refractivity (Wildman–Crippen MR) is 70.9 cm³/mol. The van der Waals surface area contributed by atoms with E-state index in [-0.39, 0.29) is 31.4 Å². The molecule has 0 N–H and O–H groups in total. The van der Waals surface area contributed by atoms with Gasteiger partial charge in [0.15, 0.2) is 5.78 Å². The minimum absolute atomic E-state index is 0.0467. The van der Waals surface area contributed by atoms with Crippen LogP contribution in [0.1, 0.15) is 47.0 Å². The lowest BCUT2D eigenvalue weighted by atomic mass is 9.91. The quantitative estimate of drug-likeness (QED) is 0.362. The Labute approximate surface area is 118 Å². The summed E-state index contributed by atoms with van der Waals surface area (Å²) in [5.41, 5.74) is -0.568. The molecule has 0 aromatic carbocycles. The summed E-state index contributed by atoms with van der Waals surface area (Å²) in [7, 11) is 0. The molecule has 0 heterocycles. The van der Waals surface area contributed by atoms with E-state index in [1.54, 1.807) is 13.8 Å². The Morgan fingerprint density at radius 3 is 2.00 bits per heavy atom. The molecule has 0 aliphatic heterocycles. The average Bonchev–Trinajstić information content (AvgIpc) is 2.32. The van der Waals surface area contributed by atoms with Crippen molar-refractivity contribution in [2.45, 2.75) is 47.0 Å². The highest BCUT2D eigenvalue weighted by Crippen LogP contribution is 2.21. The number of hydrogen-bond donors (Lipinski definition) is 0. The maximum Gasteiger partial charge on any atom is 0.313 e. The molecule has 0 saturated carbocycles. The molecule has 0 saturated heterocycles. The molecule has 0 unspecified atom stereocenters. The second-order valence-electron chi connectivity index (χ2n) is 5.19. The van der Waals surface area contributed by atoms with Gasteiger partial charge in [0, 0.05) is 0 Å². The zero-order valence-electron chi connectivity index (χ0n) is 12.5. The van der Waals surface area contributed by atoms with Gasteiger partial charge >= 0.3 is 11.9 Å². The van der Waals surface area contributed by atoms with Gasteiger partial charge in [-0.1, -0.05) is 6.92 Å². The van der Waals surface area contributed by atoms with Crippen LogP contribution in [-0.4, -0.2) is 36.7 Å². The number of rotatable bonds is 9. The SMILES string of the molecule is CCC(C)(C)C(=O)OCCOC(=O)CC(=O)CC(C)=O. The lowest BCUT2D eigenvalue weighted by molar-refractivity contribution is -0.159. The van der Waals surface area contributed by atoms with Crippen molar-refractivity contribution in [2.24, 2.45) is 5.41 Å². The van der Waals surface area contributed by atoms with Gasteiger partial charge in [0.1, 0.15) is 25.4 Å². The van der Waals surface area contributed by atoms with Crippen molar-refractivity contribution in [1.29, 1.82) is 0 Å². The standard InChI is InChI=1S/C14H22O6/c1-5-14(3,4)13(18)20-7-6-19-12(17)9-11(16)8-10(2)15/h5-9H2,1-4H3. The third kappa shape index (κ3) is 7.66. The molecule has 0 rings (SSSR count). The average molecular weight is 286 g/mol. The normalized spacial score (nSPS) is 10.8. The van der Waals surface area contributed by atoms with Crippen LogP contribution in [0.15, 0.2) is 0 Å². The van der Waals surface area contributed by atoms with Crippen LogP contribution in [0.5, 0.6) is 0 Å². The first kappa shape index (κ1) is 18.3. The second-order valence-corrected chi connectivity index (χ2v) is 5.19. The molecule has 0 amide bonds. The van der Waals surface area contributed by atoms with Gasteiger partial charge < -0.3 is 9.47 Å². The van der Waals surface area contributed by atoms with Crippen LogP contribution in [0, 0.1) is 5.41 Å². The topological polar surface area (TPSA) is 86.7 Å². The first-order valence-corrected chi connectivity index (χ1v) is 6.53. The maximum absolute atomic E-state index is 11.6. The van der Waals surface area contributed by atoms with Gasteiger partial charge in [0.25, 0.3) is 0 Å². The van der Waals surface area contributed by atoms with Gasteiger partial charge in [0.05, 0.1) is 11.8 Å². The summed E-state index contributed by atoms with van der Waals surface area (Å²) in [4.78, 5) is 44.7. The third-order valence-corrected chi connectivity index (χ3v) is 2.80. The van der Waals surface area contributed by atoms with Gasteiger partial charge in [-0.15, -0.1) is 0 Å². The molecule has 0 aromatic rings. The zero-order valence-corrected chi connectivity index (χ0v) is 12.5. The van der Waals surface area contributed by atoms with E-state index >= 15 is 0 Å². The van der Waals surface area contributed by atoms with Crippen molar-refractivity contribution in [3.8, 4) is 0 Å². The first-order valence-electron chi connectivity index (χ1n) is 6.53. The smallest absolute Gasteiger partial charge is 0.313 e. The Balaban J connectivity index is 3.86. The van der Waals surface area contributed by atoms with E-state index < -0.39 is 23.6 Å². The molecule has 20 heavy (non-hydrogen) atoms. The van der Waals surface area contributed by atoms with Gasteiger partial charge in [-0.25, -0.2) is 0 Å². The number of carbonyl (C=O) groups is 4. The number of ketones is 2. The number of esters is 2. The molecular weight excluding hydrogens is 264 g/mol. The highest BCUT2D eigenvalue weighted by Gasteiger charge is 2.26. The Hall–Kier alpha value is -1.72. The molecule has 6 heteroatoms. The molecule has 0 aliphatic rings. The maximum atomic E-state index is 11.6. The lowest BCUT2D eigenvalue weighted by Gasteiger charge is -2.20. The summed E-state index contributed by atoms with van der Waals surface area (Å²) in [5, 5.41) is 0. The number of Topliss-reactive ketones (excluding diaryl/α,β-unsaturated/α-hetero) is 2. The molecule has 0 bridgehead atoms. The predicted octanol–water partition coefficient (Wildman–Crippen LogP) is 1.45. The summed E-state index contributed by atoms with van der Waals surface area (Å²) >= 11 is 0. The van der Waals surface area contributed by atoms with E-state index in [1.165, 1.54) is 6.92 Å². The van der Waals surface area contributed by atoms with Crippen LogP contribution >= 0.6 is 0 Å². The minimum atomic E-state index is -0.720. The Morgan fingerprint density at radius 1 is 0.950 bits per heavy atom. The Morgan fingerprint density at radius 2 is 1.50 bits per heavy atom. The van der Waals surface area contributed by atoms with E-state index in [9.17, 15) is 19.2 Å². The summed E-state index contributed by atoms with van der Waals surface area (Å²) in [6.07, 6.45) is -0.0616. The largest absolute Gasteiger partial charge is 0.462 e. The molecule has 0 atom stereocenters. The summed E-state index contributed by atoms with van der Waals surface area (Å²) in [6, 6.07) is 0. The van der Waals surface area contributed by atoms with Crippen LogP contribution in [0.25, 0.3) is 0 Å². The highest BCUT2D eigenvalue weighted by molar-refractivity contribution is 6.04. The molecule has 0 spiro atoms. The molecule has 0 fully saturated rings. The number of hydrogen-bond acceptors (Lipinski definition) is 6. The Kier molecular flexibility index (Phi) is 7.72. The molecule has 0 aromatic heterocycles. The summed E-state index contributed by atoms with van der Waals surface area (Å²) in [5.74, 6) is -1.85. The van der Waals surface area contributed by atoms with Crippen molar-refractivity contribution in [2.75, 3.05) is 13.2 Å². The van der Waals surface area contributed by atoms with Gasteiger partial charge in [-0.05, 0) is 27.2 Å². The third-order valence-electron chi connectivity index (χ3n) is 2.80. The van der Waals surface area contributed by atoms with Crippen LogP contribution in [0.4, 0.5) is 0 Å². The monoisotopic (exact) mass is 286 g/mol. The Bertz CT molecular complexity index is 383. The van der Waals surface area contributed by atoms with Crippen molar-refractivity contribution < 1.29 is 28.7 Å². The molecule has 0 radical (unpaired) electrons. The fraction of sp³-hybridized carbons (Fsp3) is 0.714. The van der Waals surface area contributed by atoms with Crippen molar-refractivity contribution in [3.63, 3.8) is 0 Å². The molecular formula is C14H22O6. The highest BCUT2D eigenvalue weighted by atomic mass is 16.6. The second kappa shape index (κ2) is 8.45.